The maximum absolute atomic E-state index is 12.2. The van der Waals surface area contributed by atoms with Gasteiger partial charge in [-0.25, -0.2) is 0 Å². The summed E-state index contributed by atoms with van der Waals surface area (Å²) in [7, 11) is -0.536. The van der Waals surface area contributed by atoms with Crippen molar-refractivity contribution in [2.45, 2.75) is 31.4 Å². The molecule has 0 radical (unpaired) electrons. The van der Waals surface area contributed by atoms with E-state index >= 15 is 0 Å². The third-order valence-electron chi connectivity index (χ3n) is 3.27. The van der Waals surface area contributed by atoms with Crippen LogP contribution >= 0.6 is 0 Å². The van der Waals surface area contributed by atoms with Crippen molar-refractivity contribution in [2.24, 2.45) is 0 Å². The highest BCUT2D eigenvalue weighted by molar-refractivity contribution is 7.87. The van der Waals surface area contributed by atoms with Crippen LogP contribution in [0.1, 0.15) is 19.3 Å². The molecule has 7 nitrogen and oxygen atoms in total. The van der Waals surface area contributed by atoms with Gasteiger partial charge in [-0.2, -0.15) is 17.4 Å². The summed E-state index contributed by atoms with van der Waals surface area (Å²) < 4.78 is 38.3. The monoisotopic (exact) mass is 296 g/mol. The minimum Gasteiger partial charge on any atom is -0.395 e. The van der Waals surface area contributed by atoms with Gasteiger partial charge in [-0.3, -0.25) is 0 Å². The van der Waals surface area contributed by atoms with E-state index < -0.39 is 10.2 Å². The topological polar surface area (TPSA) is 88.1 Å². The second kappa shape index (κ2) is 8.13. The molecule has 1 fully saturated rings. The van der Waals surface area contributed by atoms with Crippen LogP contribution in [-0.2, 0) is 19.7 Å². The molecule has 19 heavy (non-hydrogen) atoms. The summed E-state index contributed by atoms with van der Waals surface area (Å²) in [4.78, 5) is 0. The maximum atomic E-state index is 12.2. The molecule has 2 N–H and O–H groups in total. The van der Waals surface area contributed by atoms with Crippen molar-refractivity contribution in [3.63, 3.8) is 0 Å². The molecule has 0 amide bonds. The van der Waals surface area contributed by atoms with Crippen LogP contribution in [0.25, 0.3) is 0 Å². The fourth-order valence-electron chi connectivity index (χ4n) is 2.15. The fourth-order valence-corrected chi connectivity index (χ4v) is 3.65. The number of hydrogen-bond donors (Lipinski definition) is 2. The van der Waals surface area contributed by atoms with Gasteiger partial charge in [0, 0.05) is 33.4 Å². The Morgan fingerprint density at radius 3 is 2.74 bits per heavy atom. The summed E-state index contributed by atoms with van der Waals surface area (Å²) in [5, 5.41) is 9.25. The van der Waals surface area contributed by atoms with E-state index in [4.69, 9.17) is 9.47 Å². The van der Waals surface area contributed by atoms with Crippen LogP contribution < -0.4 is 4.72 Å². The molecule has 2 atom stereocenters. The van der Waals surface area contributed by atoms with Crippen LogP contribution in [-0.4, -0.2) is 70.5 Å². The van der Waals surface area contributed by atoms with Crippen LogP contribution in [0.2, 0.25) is 0 Å². The van der Waals surface area contributed by atoms with Crippen LogP contribution in [0, 0.1) is 0 Å². The van der Waals surface area contributed by atoms with Gasteiger partial charge in [-0.15, -0.1) is 0 Å². The van der Waals surface area contributed by atoms with Gasteiger partial charge in [0.2, 0.25) is 0 Å². The van der Waals surface area contributed by atoms with E-state index in [0.29, 0.717) is 19.6 Å². The zero-order valence-corrected chi connectivity index (χ0v) is 12.4. The summed E-state index contributed by atoms with van der Waals surface area (Å²) >= 11 is 0. The molecule has 0 aliphatic carbocycles. The first-order valence-electron chi connectivity index (χ1n) is 6.44. The lowest BCUT2D eigenvalue weighted by atomic mass is 10.1. The highest BCUT2D eigenvalue weighted by Gasteiger charge is 2.31. The summed E-state index contributed by atoms with van der Waals surface area (Å²) in [5.41, 5.74) is 0. The largest absolute Gasteiger partial charge is 0.395 e. The molecule has 0 saturated carbocycles. The van der Waals surface area contributed by atoms with Crippen LogP contribution in [0.4, 0.5) is 0 Å². The number of nitrogens with zero attached hydrogens (tertiary/aromatic N) is 1. The maximum Gasteiger partial charge on any atom is 0.279 e. The predicted molar refractivity (Wildman–Crippen MR) is 71.0 cm³/mol. The third-order valence-corrected chi connectivity index (χ3v) is 4.90. The van der Waals surface area contributed by atoms with E-state index in [0.717, 1.165) is 12.8 Å². The smallest absolute Gasteiger partial charge is 0.279 e. The van der Waals surface area contributed by atoms with Crippen LogP contribution in [0.3, 0.4) is 0 Å². The van der Waals surface area contributed by atoms with Gasteiger partial charge in [0.1, 0.15) is 0 Å². The molecular formula is C11H24N2O5S. The Morgan fingerprint density at radius 1 is 1.42 bits per heavy atom. The zero-order chi connectivity index (χ0) is 14.3. The molecular weight excluding hydrogens is 272 g/mol. The average Bonchev–Trinajstić information content (AvgIpc) is 2.43. The first kappa shape index (κ1) is 16.8. The van der Waals surface area contributed by atoms with Gasteiger partial charge in [0.25, 0.3) is 10.2 Å². The second-order valence-corrected chi connectivity index (χ2v) is 6.32. The van der Waals surface area contributed by atoms with Crippen molar-refractivity contribution in [3.8, 4) is 0 Å². The molecule has 1 saturated heterocycles. The molecule has 0 aromatic carbocycles. The Labute approximate surface area is 115 Å². The average molecular weight is 296 g/mol. The third kappa shape index (κ3) is 4.97. The van der Waals surface area contributed by atoms with Crippen molar-refractivity contribution < 1.29 is 23.0 Å². The predicted octanol–water partition coefficient (Wildman–Crippen LogP) is -0.671. The number of aliphatic hydroxyl groups is 1. The fraction of sp³-hybridized carbons (Fsp3) is 1.00. The first-order chi connectivity index (χ1) is 9.05. The zero-order valence-electron chi connectivity index (χ0n) is 11.5. The summed E-state index contributed by atoms with van der Waals surface area (Å²) in [6.45, 7) is 0.777. The second-order valence-electron chi connectivity index (χ2n) is 4.61. The van der Waals surface area contributed by atoms with Crippen molar-refractivity contribution in [2.75, 3.05) is 40.5 Å². The van der Waals surface area contributed by atoms with Crippen LogP contribution in [0.5, 0.6) is 0 Å². The quantitative estimate of drug-likeness (QED) is 0.620. The number of piperidine rings is 1. The molecule has 0 bridgehead atoms. The van der Waals surface area contributed by atoms with Crippen molar-refractivity contribution >= 4 is 10.2 Å². The summed E-state index contributed by atoms with van der Waals surface area (Å²) in [6.07, 6.45) is 2.14. The first-order valence-corrected chi connectivity index (χ1v) is 7.88. The minimum atomic E-state index is -3.58. The van der Waals surface area contributed by atoms with Gasteiger partial charge in [-0.05, 0) is 12.8 Å². The molecule has 2 unspecified atom stereocenters. The Balaban J connectivity index is 2.58. The number of hydrogen-bond acceptors (Lipinski definition) is 5. The lowest BCUT2D eigenvalue weighted by molar-refractivity contribution is 0.0315. The van der Waals surface area contributed by atoms with Gasteiger partial charge in [0.05, 0.1) is 19.3 Å². The molecule has 8 heteroatoms. The number of rotatable bonds is 8. The Morgan fingerprint density at radius 2 is 2.16 bits per heavy atom. The standard InChI is InChI=1S/C11H24N2O5S/c1-17-9-11(18-2)7-12-19(15,16)13-6-4-3-5-10(13)8-14/h10-12,14H,3-9H2,1-2H3. The number of aliphatic hydroxyl groups excluding tert-OH is 1. The minimum absolute atomic E-state index is 0.146. The Hall–Kier alpha value is -0.250. The van der Waals surface area contributed by atoms with Gasteiger partial charge in [0.15, 0.2) is 0 Å². The SMILES string of the molecule is COCC(CNS(=O)(=O)N1CCCCC1CO)OC. The van der Waals surface area contributed by atoms with Crippen LogP contribution in [0.15, 0.2) is 0 Å². The van der Waals surface area contributed by atoms with E-state index in [1.807, 2.05) is 0 Å². The molecule has 1 heterocycles. The van der Waals surface area contributed by atoms with Crippen molar-refractivity contribution in [3.05, 3.63) is 0 Å². The molecule has 0 aromatic heterocycles. The lowest BCUT2D eigenvalue weighted by Crippen LogP contribution is -2.51. The number of methoxy groups -OCH3 is 2. The molecule has 1 aliphatic rings. The van der Waals surface area contributed by atoms with E-state index in [2.05, 4.69) is 4.72 Å². The highest BCUT2D eigenvalue weighted by Crippen LogP contribution is 2.19. The number of ether oxygens (including phenoxy) is 2. The molecule has 0 spiro atoms. The highest BCUT2D eigenvalue weighted by atomic mass is 32.2. The van der Waals surface area contributed by atoms with E-state index in [9.17, 15) is 13.5 Å². The van der Waals surface area contributed by atoms with Gasteiger partial charge in [-0.1, -0.05) is 6.42 Å². The molecule has 1 aliphatic heterocycles. The molecule has 1 rings (SSSR count). The molecule has 0 aromatic rings. The van der Waals surface area contributed by atoms with Crippen molar-refractivity contribution in [1.82, 2.24) is 9.03 Å². The summed E-state index contributed by atoms with van der Waals surface area (Å²) in [5.74, 6) is 0. The lowest BCUT2D eigenvalue weighted by Gasteiger charge is -2.33. The summed E-state index contributed by atoms with van der Waals surface area (Å²) in [6, 6.07) is -0.324. The van der Waals surface area contributed by atoms with E-state index in [-0.39, 0.29) is 25.3 Å². The van der Waals surface area contributed by atoms with Gasteiger partial charge < -0.3 is 14.6 Å². The van der Waals surface area contributed by atoms with E-state index in [1.54, 1.807) is 0 Å². The Bertz CT molecular complexity index is 349. The van der Waals surface area contributed by atoms with Gasteiger partial charge >= 0.3 is 0 Å². The normalized spacial score (nSPS) is 23.4. The van der Waals surface area contributed by atoms with Crippen molar-refractivity contribution in [1.29, 1.82) is 0 Å². The molecule has 114 valence electrons. The van der Waals surface area contributed by atoms with E-state index in [1.165, 1.54) is 18.5 Å². The Kier molecular flexibility index (Phi) is 7.19. The number of nitrogens with one attached hydrogen (secondary N) is 1.